The summed E-state index contributed by atoms with van der Waals surface area (Å²) in [6.45, 7) is 4.44. The fourth-order valence-electron chi connectivity index (χ4n) is 1.69. The molecule has 0 fully saturated rings. The van der Waals surface area contributed by atoms with Crippen molar-refractivity contribution in [1.82, 2.24) is 5.32 Å². The quantitative estimate of drug-likeness (QED) is 0.788. The lowest BCUT2D eigenvalue weighted by atomic mass is 10.0. The summed E-state index contributed by atoms with van der Waals surface area (Å²) in [5.41, 5.74) is 1.92. The first-order valence-corrected chi connectivity index (χ1v) is 6.79. The number of benzene rings is 1. The number of amides is 2. The summed E-state index contributed by atoms with van der Waals surface area (Å²) in [6, 6.07) is 7.71. The van der Waals surface area contributed by atoms with Crippen molar-refractivity contribution in [2.24, 2.45) is 0 Å². The molecular weight excluding hydrogens is 264 g/mol. The molecule has 0 unspecified atom stereocenters. The number of halogens is 1. The summed E-state index contributed by atoms with van der Waals surface area (Å²) in [5, 5.41) is 5.42. The van der Waals surface area contributed by atoms with Crippen molar-refractivity contribution >= 4 is 29.1 Å². The number of anilines is 1. The third-order valence-corrected chi connectivity index (χ3v) is 2.90. The Morgan fingerprint density at radius 2 is 1.89 bits per heavy atom. The average molecular weight is 283 g/mol. The topological polar surface area (TPSA) is 58.2 Å². The van der Waals surface area contributed by atoms with Crippen LogP contribution in [0.15, 0.2) is 24.3 Å². The number of carbonyl (C=O) groups is 2. The second-order valence-corrected chi connectivity index (χ2v) is 4.79. The highest BCUT2D eigenvalue weighted by atomic mass is 35.5. The number of para-hydroxylation sites is 1. The molecule has 1 rings (SSSR count). The van der Waals surface area contributed by atoms with Crippen molar-refractivity contribution in [1.29, 1.82) is 0 Å². The molecule has 0 spiro atoms. The van der Waals surface area contributed by atoms with Crippen molar-refractivity contribution in [2.75, 3.05) is 17.7 Å². The Hall–Kier alpha value is -1.55. The fourth-order valence-corrected chi connectivity index (χ4v) is 1.78. The van der Waals surface area contributed by atoms with Gasteiger partial charge in [0.2, 0.25) is 11.8 Å². The third-order valence-electron chi connectivity index (χ3n) is 2.65. The van der Waals surface area contributed by atoms with Gasteiger partial charge in [-0.3, -0.25) is 9.59 Å². The Kier molecular flexibility index (Phi) is 6.36. The highest BCUT2D eigenvalue weighted by Gasteiger charge is 2.09. The normalized spacial score (nSPS) is 10.3. The van der Waals surface area contributed by atoms with Crippen LogP contribution in [0.1, 0.15) is 31.7 Å². The zero-order chi connectivity index (χ0) is 14.3. The zero-order valence-electron chi connectivity index (χ0n) is 11.2. The molecule has 2 N–H and O–H groups in total. The van der Waals surface area contributed by atoms with E-state index in [1.54, 1.807) is 0 Å². The summed E-state index contributed by atoms with van der Waals surface area (Å²) in [6.07, 6.45) is 0.231. The van der Waals surface area contributed by atoms with Crippen LogP contribution in [-0.2, 0) is 9.59 Å². The lowest BCUT2D eigenvalue weighted by Gasteiger charge is -2.13. The van der Waals surface area contributed by atoms with Crippen molar-refractivity contribution in [2.45, 2.75) is 26.2 Å². The summed E-state index contributed by atoms with van der Waals surface area (Å²) < 4.78 is 0. The second-order valence-electron chi connectivity index (χ2n) is 4.52. The Morgan fingerprint density at radius 1 is 1.21 bits per heavy atom. The standard InChI is InChI=1S/C14H19ClN2O2/c1-10(2)11-5-3-4-6-12(11)17-13(18)7-8-16-14(19)9-15/h3-6,10H,7-9H2,1-2H3,(H,16,19)(H,17,18). The van der Waals surface area contributed by atoms with E-state index in [0.717, 1.165) is 11.3 Å². The van der Waals surface area contributed by atoms with Gasteiger partial charge in [-0.2, -0.15) is 0 Å². The van der Waals surface area contributed by atoms with E-state index in [-0.39, 0.29) is 24.1 Å². The number of rotatable bonds is 6. The van der Waals surface area contributed by atoms with Crippen LogP contribution in [0.4, 0.5) is 5.69 Å². The Morgan fingerprint density at radius 3 is 2.53 bits per heavy atom. The smallest absolute Gasteiger partial charge is 0.234 e. The van der Waals surface area contributed by atoms with Crippen LogP contribution in [0.5, 0.6) is 0 Å². The Balaban J connectivity index is 2.51. The average Bonchev–Trinajstić information content (AvgIpc) is 2.38. The molecule has 19 heavy (non-hydrogen) atoms. The van der Waals surface area contributed by atoms with Gasteiger partial charge in [-0.15, -0.1) is 11.6 Å². The van der Waals surface area contributed by atoms with E-state index in [1.165, 1.54) is 0 Å². The van der Waals surface area contributed by atoms with Crippen molar-refractivity contribution in [3.05, 3.63) is 29.8 Å². The van der Waals surface area contributed by atoms with Crippen LogP contribution in [0.3, 0.4) is 0 Å². The highest BCUT2D eigenvalue weighted by molar-refractivity contribution is 6.27. The first-order valence-electron chi connectivity index (χ1n) is 6.26. The first kappa shape index (κ1) is 15.5. The predicted molar refractivity (Wildman–Crippen MR) is 77.5 cm³/mol. The van der Waals surface area contributed by atoms with E-state index in [1.807, 2.05) is 24.3 Å². The van der Waals surface area contributed by atoms with E-state index in [0.29, 0.717) is 12.5 Å². The monoisotopic (exact) mass is 282 g/mol. The molecule has 0 aromatic heterocycles. The molecule has 0 bridgehead atoms. The Labute approximate surface area is 118 Å². The van der Waals surface area contributed by atoms with E-state index >= 15 is 0 Å². The molecule has 0 heterocycles. The molecule has 0 atom stereocenters. The minimum atomic E-state index is -0.267. The summed E-state index contributed by atoms with van der Waals surface area (Å²) in [7, 11) is 0. The van der Waals surface area contributed by atoms with Gasteiger partial charge >= 0.3 is 0 Å². The van der Waals surface area contributed by atoms with Gasteiger partial charge in [-0.25, -0.2) is 0 Å². The fraction of sp³-hybridized carbons (Fsp3) is 0.429. The van der Waals surface area contributed by atoms with Gasteiger partial charge in [0.25, 0.3) is 0 Å². The minimum Gasteiger partial charge on any atom is -0.355 e. The molecule has 4 nitrogen and oxygen atoms in total. The molecule has 1 aromatic carbocycles. The summed E-state index contributed by atoms with van der Waals surface area (Å²) in [4.78, 5) is 22.7. The maximum atomic E-state index is 11.8. The SMILES string of the molecule is CC(C)c1ccccc1NC(=O)CCNC(=O)CCl. The molecule has 0 saturated carbocycles. The predicted octanol–water partition coefficient (Wildman–Crippen LogP) is 2.49. The lowest BCUT2D eigenvalue weighted by molar-refractivity contribution is -0.119. The van der Waals surface area contributed by atoms with Gasteiger partial charge < -0.3 is 10.6 Å². The van der Waals surface area contributed by atoms with Crippen LogP contribution >= 0.6 is 11.6 Å². The number of alkyl halides is 1. The maximum Gasteiger partial charge on any atom is 0.234 e. The molecular formula is C14H19ClN2O2. The summed E-state index contributed by atoms with van der Waals surface area (Å²) in [5.74, 6) is -0.134. The number of nitrogens with one attached hydrogen (secondary N) is 2. The molecule has 0 aliphatic heterocycles. The zero-order valence-corrected chi connectivity index (χ0v) is 12.0. The number of hydrogen-bond acceptors (Lipinski definition) is 2. The van der Waals surface area contributed by atoms with Gasteiger partial charge in [0.05, 0.1) is 0 Å². The number of hydrogen-bond donors (Lipinski definition) is 2. The van der Waals surface area contributed by atoms with Gasteiger partial charge in [-0.05, 0) is 17.5 Å². The molecule has 5 heteroatoms. The molecule has 0 aliphatic carbocycles. The van der Waals surface area contributed by atoms with E-state index < -0.39 is 0 Å². The van der Waals surface area contributed by atoms with Gasteiger partial charge in [-0.1, -0.05) is 32.0 Å². The molecule has 0 saturated heterocycles. The maximum absolute atomic E-state index is 11.8. The minimum absolute atomic E-state index is 0.0855. The van der Waals surface area contributed by atoms with Crippen LogP contribution in [0.2, 0.25) is 0 Å². The van der Waals surface area contributed by atoms with Crippen molar-refractivity contribution < 1.29 is 9.59 Å². The summed E-state index contributed by atoms with van der Waals surface area (Å²) >= 11 is 5.34. The van der Waals surface area contributed by atoms with Crippen LogP contribution in [0, 0.1) is 0 Å². The number of carbonyl (C=O) groups excluding carboxylic acids is 2. The first-order chi connectivity index (χ1) is 9.04. The van der Waals surface area contributed by atoms with E-state index in [2.05, 4.69) is 24.5 Å². The Bertz CT molecular complexity index is 447. The lowest BCUT2D eigenvalue weighted by Crippen LogP contribution is -2.28. The van der Waals surface area contributed by atoms with E-state index in [9.17, 15) is 9.59 Å². The molecule has 0 radical (unpaired) electrons. The van der Waals surface area contributed by atoms with Crippen LogP contribution in [-0.4, -0.2) is 24.2 Å². The second kappa shape index (κ2) is 7.79. The molecule has 104 valence electrons. The van der Waals surface area contributed by atoms with Gasteiger partial charge in [0.1, 0.15) is 5.88 Å². The molecule has 2 amide bonds. The van der Waals surface area contributed by atoms with Crippen molar-refractivity contribution in [3.63, 3.8) is 0 Å². The third kappa shape index (κ3) is 5.30. The molecule has 0 aliphatic rings. The molecule has 1 aromatic rings. The van der Waals surface area contributed by atoms with Crippen molar-refractivity contribution in [3.8, 4) is 0 Å². The van der Waals surface area contributed by atoms with Gasteiger partial charge in [0.15, 0.2) is 0 Å². The van der Waals surface area contributed by atoms with Crippen LogP contribution in [0.25, 0.3) is 0 Å². The van der Waals surface area contributed by atoms with E-state index in [4.69, 9.17) is 11.6 Å². The highest BCUT2D eigenvalue weighted by Crippen LogP contribution is 2.23. The largest absolute Gasteiger partial charge is 0.355 e. The van der Waals surface area contributed by atoms with Gasteiger partial charge in [0, 0.05) is 18.7 Å². The van der Waals surface area contributed by atoms with Crippen LogP contribution < -0.4 is 10.6 Å².